The van der Waals surface area contributed by atoms with E-state index in [1.807, 2.05) is 0 Å². The molecule has 0 radical (unpaired) electrons. The van der Waals surface area contributed by atoms with Crippen molar-refractivity contribution in [2.24, 2.45) is 5.92 Å². The Balaban J connectivity index is 2.06. The molecule has 0 spiro atoms. The first kappa shape index (κ1) is 14.9. The first-order chi connectivity index (χ1) is 9.49. The van der Waals surface area contributed by atoms with Crippen LogP contribution in [0.4, 0.5) is 24.8 Å². The second-order valence-electron chi connectivity index (χ2n) is 5.09. The van der Waals surface area contributed by atoms with Crippen LogP contribution in [-0.4, -0.2) is 23.6 Å². The highest BCUT2D eigenvalue weighted by Crippen LogP contribution is 2.29. The van der Waals surface area contributed by atoms with Crippen LogP contribution in [0, 0.1) is 5.92 Å². The number of nitrogens with one attached hydrogen (secondary N) is 2. The second kappa shape index (κ2) is 6.28. The number of rotatable bonds is 4. The van der Waals surface area contributed by atoms with Crippen LogP contribution in [0.2, 0.25) is 0 Å². The lowest BCUT2D eigenvalue weighted by Gasteiger charge is -2.22. The molecule has 1 heterocycles. The van der Waals surface area contributed by atoms with Gasteiger partial charge in [0.05, 0.1) is 0 Å². The third kappa shape index (κ3) is 3.98. The van der Waals surface area contributed by atoms with Crippen molar-refractivity contribution in [1.82, 2.24) is 9.97 Å². The Hall–Kier alpha value is -1.53. The average Bonchev–Trinajstić information content (AvgIpc) is 2.45. The molecule has 1 aliphatic carbocycles. The van der Waals surface area contributed by atoms with Crippen molar-refractivity contribution in [2.45, 2.75) is 38.3 Å². The van der Waals surface area contributed by atoms with Gasteiger partial charge in [0, 0.05) is 19.7 Å². The number of aromatic nitrogens is 2. The molecular weight excluding hydrogens is 269 g/mol. The van der Waals surface area contributed by atoms with E-state index in [1.165, 1.54) is 32.4 Å². The molecule has 0 unspecified atom stereocenters. The maximum atomic E-state index is 12.7. The van der Waals surface area contributed by atoms with E-state index in [2.05, 4.69) is 20.6 Å². The van der Waals surface area contributed by atoms with Gasteiger partial charge in [-0.1, -0.05) is 19.3 Å². The minimum absolute atomic E-state index is 0.165. The summed E-state index contributed by atoms with van der Waals surface area (Å²) in [7, 11) is 1.54. The number of nitrogens with zero attached hydrogens (tertiary/aromatic N) is 2. The molecule has 4 nitrogen and oxygen atoms in total. The lowest BCUT2D eigenvalue weighted by molar-refractivity contribution is -0.144. The van der Waals surface area contributed by atoms with Crippen molar-refractivity contribution in [3.8, 4) is 0 Å². The fraction of sp³-hybridized carbons (Fsp3) is 0.692. The van der Waals surface area contributed by atoms with E-state index in [0.717, 1.165) is 12.8 Å². The van der Waals surface area contributed by atoms with Gasteiger partial charge in [0.2, 0.25) is 5.82 Å². The van der Waals surface area contributed by atoms with E-state index in [0.29, 0.717) is 12.5 Å². The highest BCUT2D eigenvalue weighted by atomic mass is 19.4. The monoisotopic (exact) mass is 288 g/mol. The maximum Gasteiger partial charge on any atom is 0.451 e. The zero-order valence-electron chi connectivity index (χ0n) is 11.4. The minimum atomic E-state index is -4.53. The molecule has 112 valence electrons. The fourth-order valence-electron chi connectivity index (χ4n) is 2.43. The second-order valence-corrected chi connectivity index (χ2v) is 5.09. The first-order valence-electron chi connectivity index (χ1n) is 6.87. The minimum Gasteiger partial charge on any atom is -0.373 e. The van der Waals surface area contributed by atoms with Crippen LogP contribution < -0.4 is 10.6 Å². The lowest BCUT2D eigenvalue weighted by Crippen LogP contribution is -2.19. The van der Waals surface area contributed by atoms with E-state index in [4.69, 9.17) is 0 Å². The summed E-state index contributed by atoms with van der Waals surface area (Å²) >= 11 is 0. The largest absolute Gasteiger partial charge is 0.451 e. The summed E-state index contributed by atoms with van der Waals surface area (Å²) in [5.41, 5.74) is 0. The van der Waals surface area contributed by atoms with Gasteiger partial charge in [-0.2, -0.15) is 13.2 Å². The topological polar surface area (TPSA) is 49.8 Å². The Labute approximate surface area is 116 Å². The summed E-state index contributed by atoms with van der Waals surface area (Å²) in [4.78, 5) is 6.98. The predicted octanol–water partition coefficient (Wildman–Crippen LogP) is 3.53. The summed E-state index contributed by atoms with van der Waals surface area (Å²) in [5, 5.41) is 5.64. The molecule has 0 saturated heterocycles. The van der Waals surface area contributed by atoms with Crippen molar-refractivity contribution in [3.05, 3.63) is 11.9 Å². The van der Waals surface area contributed by atoms with Crippen LogP contribution in [0.3, 0.4) is 0 Å². The molecule has 0 atom stereocenters. The summed E-state index contributed by atoms with van der Waals surface area (Å²) in [6, 6.07) is 1.50. The van der Waals surface area contributed by atoms with Gasteiger partial charge >= 0.3 is 6.18 Å². The third-order valence-electron chi connectivity index (χ3n) is 3.53. The van der Waals surface area contributed by atoms with Crippen molar-refractivity contribution < 1.29 is 13.2 Å². The van der Waals surface area contributed by atoms with Crippen LogP contribution in [0.1, 0.15) is 37.9 Å². The SMILES string of the molecule is CNc1cc(NCC2CCCCC2)nc(C(F)(F)F)n1. The standard InChI is InChI=1S/C13H19F3N4/c1-17-10-7-11(20-12(19-10)13(14,15)16)18-8-9-5-3-2-4-6-9/h7,9H,2-6,8H2,1H3,(H2,17,18,19,20). The summed E-state index contributed by atoms with van der Waals surface area (Å²) in [6.45, 7) is 0.664. The molecule has 1 saturated carbocycles. The van der Waals surface area contributed by atoms with E-state index in [1.54, 1.807) is 0 Å². The number of halogens is 3. The molecule has 0 aromatic carbocycles. The van der Waals surface area contributed by atoms with E-state index in [-0.39, 0.29) is 11.6 Å². The fourth-order valence-corrected chi connectivity index (χ4v) is 2.43. The Kier molecular flexibility index (Phi) is 4.67. The molecule has 1 fully saturated rings. The van der Waals surface area contributed by atoms with Gasteiger partial charge in [-0.3, -0.25) is 0 Å². The number of alkyl halides is 3. The number of hydrogen-bond donors (Lipinski definition) is 2. The highest BCUT2D eigenvalue weighted by molar-refractivity contribution is 5.47. The van der Waals surface area contributed by atoms with Crippen LogP contribution in [-0.2, 0) is 6.18 Å². The van der Waals surface area contributed by atoms with Gasteiger partial charge in [0.1, 0.15) is 11.6 Å². The van der Waals surface area contributed by atoms with Crippen molar-refractivity contribution in [3.63, 3.8) is 0 Å². The molecule has 0 amide bonds. The normalized spacial score (nSPS) is 17.0. The zero-order valence-corrected chi connectivity index (χ0v) is 11.4. The van der Waals surface area contributed by atoms with E-state index in [9.17, 15) is 13.2 Å². The van der Waals surface area contributed by atoms with Crippen LogP contribution in [0.15, 0.2) is 6.07 Å². The molecule has 0 bridgehead atoms. The van der Waals surface area contributed by atoms with Gasteiger partial charge in [0.25, 0.3) is 0 Å². The van der Waals surface area contributed by atoms with Gasteiger partial charge in [-0.05, 0) is 18.8 Å². The number of hydrogen-bond acceptors (Lipinski definition) is 4. The molecule has 7 heteroatoms. The first-order valence-corrected chi connectivity index (χ1v) is 6.87. The highest BCUT2D eigenvalue weighted by Gasteiger charge is 2.35. The van der Waals surface area contributed by atoms with Crippen molar-refractivity contribution >= 4 is 11.6 Å². The summed E-state index contributed by atoms with van der Waals surface area (Å²) in [5.74, 6) is -0.206. The molecule has 1 aromatic rings. The Morgan fingerprint density at radius 3 is 2.40 bits per heavy atom. The summed E-state index contributed by atoms with van der Waals surface area (Å²) in [6.07, 6.45) is 1.38. The van der Waals surface area contributed by atoms with Gasteiger partial charge in [-0.15, -0.1) is 0 Å². The van der Waals surface area contributed by atoms with Crippen molar-refractivity contribution in [2.75, 3.05) is 24.2 Å². The van der Waals surface area contributed by atoms with Crippen LogP contribution in [0.25, 0.3) is 0 Å². The smallest absolute Gasteiger partial charge is 0.373 e. The Bertz CT molecular complexity index is 442. The lowest BCUT2D eigenvalue weighted by atomic mass is 9.89. The third-order valence-corrected chi connectivity index (χ3v) is 3.53. The molecular formula is C13H19F3N4. The quantitative estimate of drug-likeness (QED) is 0.890. The summed E-state index contributed by atoms with van der Waals surface area (Å²) < 4.78 is 38.1. The molecule has 1 aliphatic rings. The zero-order chi connectivity index (χ0) is 14.6. The van der Waals surface area contributed by atoms with Crippen molar-refractivity contribution in [1.29, 1.82) is 0 Å². The predicted molar refractivity (Wildman–Crippen MR) is 71.6 cm³/mol. The molecule has 2 rings (SSSR count). The molecule has 0 aliphatic heterocycles. The van der Waals surface area contributed by atoms with E-state index < -0.39 is 12.0 Å². The molecule has 2 N–H and O–H groups in total. The molecule has 1 aromatic heterocycles. The average molecular weight is 288 g/mol. The Morgan fingerprint density at radius 2 is 1.80 bits per heavy atom. The van der Waals surface area contributed by atoms with Crippen LogP contribution >= 0.6 is 0 Å². The molecule has 20 heavy (non-hydrogen) atoms. The van der Waals surface area contributed by atoms with E-state index >= 15 is 0 Å². The maximum absolute atomic E-state index is 12.7. The number of anilines is 2. The van der Waals surface area contributed by atoms with Gasteiger partial charge < -0.3 is 10.6 Å². The van der Waals surface area contributed by atoms with Gasteiger partial charge in [-0.25, -0.2) is 9.97 Å². The van der Waals surface area contributed by atoms with Crippen LogP contribution in [0.5, 0.6) is 0 Å². The Morgan fingerprint density at radius 1 is 1.15 bits per heavy atom. The van der Waals surface area contributed by atoms with Gasteiger partial charge in [0.15, 0.2) is 0 Å².